The average Bonchev–Trinajstić information content (AvgIpc) is 2.60. The molecule has 0 fully saturated rings. The van der Waals surface area contributed by atoms with Crippen LogP contribution in [-0.2, 0) is 6.42 Å². The van der Waals surface area contributed by atoms with E-state index < -0.39 is 0 Å². The summed E-state index contributed by atoms with van der Waals surface area (Å²) in [5.74, 6) is 0. The highest BCUT2D eigenvalue weighted by Crippen LogP contribution is 2.26. The maximum atomic E-state index is 3.71. The second-order valence-corrected chi connectivity index (χ2v) is 5.08. The fourth-order valence-electron chi connectivity index (χ4n) is 1.85. The summed E-state index contributed by atoms with van der Waals surface area (Å²) in [6, 6.07) is 8.91. The third-order valence-electron chi connectivity index (χ3n) is 2.90. The Hall–Kier alpha value is -1.21. The van der Waals surface area contributed by atoms with E-state index >= 15 is 0 Å². The van der Waals surface area contributed by atoms with Crippen LogP contribution in [0.3, 0.4) is 0 Å². The van der Waals surface area contributed by atoms with E-state index in [2.05, 4.69) is 57.0 Å². The molecule has 0 radical (unpaired) electrons. The molecule has 0 saturated heterocycles. The maximum absolute atomic E-state index is 3.71. The number of thioether (sulfide) groups is 1. The van der Waals surface area contributed by atoms with E-state index in [9.17, 15) is 0 Å². The van der Waals surface area contributed by atoms with E-state index in [1.165, 1.54) is 28.0 Å². The Bertz CT molecular complexity index is 435. The Balaban J connectivity index is 0. The van der Waals surface area contributed by atoms with Gasteiger partial charge < -0.3 is 0 Å². The molecule has 0 saturated carbocycles. The van der Waals surface area contributed by atoms with Crippen molar-refractivity contribution in [3.05, 3.63) is 65.1 Å². The third-order valence-corrected chi connectivity index (χ3v) is 3.78. The Morgan fingerprint density at radius 1 is 1.09 bits per heavy atom. The molecule has 0 nitrogen and oxygen atoms in total. The minimum Gasteiger partial charge on any atom is -0.129 e. The summed E-state index contributed by atoms with van der Waals surface area (Å²) in [7, 11) is 0. The van der Waals surface area contributed by atoms with Crippen LogP contribution in [0.1, 0.15) is 59.1 Å². The van der Waals surface area contributed by atoms with Gasteiger partial charge in [-0.05, 0) is 42.4 Å². The molecule has 0 unspecified atom stereocenters. The van der Waals surface area contributed by atoms with E-state index in [-0.39, 0.29) is 0 Å². The molecule has 0 spiro atoms. The summed E-state index contributed by atoms with van der Waals surface area (Å²) in [6.45, 7) is 16.1. The first kappa shape index (κ1) is 23.1. The molecule has 124 valence electrons. The Morgan fingerprint density at radius 2 is 1.64 bits per heavy atom. The van der Waals surface area contributed by atoms with Crippen molar-refractivity contribution in [2.45, 2.75) is 54.4 Å². The van der Waals surface area contributed by atoms with Gasteiger partial charge in [-0.15, -0.1) is 11.8 Å². The second kappa shape index (κ2) is 16.2. The molecule has 0 heterocycles. The van der Waals surface area contributed by atoms with Crippen molar-refractivity contribution in [2.75, 3.05) is 6.26 Å². The minimum absolute atomic E-state index is 1.16. The number of rotatable bonds is 6. The largest absolute Gasteiger partial charge is 0.129 e. The zero-order chi connectivity index (χ0) is 17.4. The predicted octanol–water partition coefficient (Wildman–Crippen LogP) is 7.53. The fourth-order valence-corrected chi connectivity index (χ4v) is 2.49. The minimum atomic E-state index is 1.16. The molecule has 0 aliphatic heterocycles. The first-order valence-corrected chi connectivity index (χ1v) is 9.58. The van der Waals surface area contributed by atoms with Gasteiger partial charge in [-0.1, -0.05) is 84.0 Å². The SMILES string of the molecule is C=C/C=C\C(SC)=C(C)c1ccc(CCC)cc1.CC.CC. The van der Waals surface area contributed by atoms with Gasteiger partial charge >= 0.3 is 0 Å². The molecule has 0 aliphatic rings. The average molecular weight is 319 g/mol. The number of aryl methyl sites for hydroxylation is 1. The zero-order valence-corrected chi connectivity index (χ0v) is 16.4. The molecule has 1 aromatic carbocycles. The molecule has 22 heavy (non-hydrogen) atoms. The maximum Gasteiger partial charge on any atom is 0.0104 e. The normalized spacial score (nSPS) is 10.9. The molecule has 1 heteroatoms. The highest BCUT2D eigenvalue weighted by atomic mass is 32.2. The number of hydrogen-bond donors (Lipinski definition) is 0. The van der Waals surface area contributed by atoms with Gasteiger partial charge in [0.05, 0.1) is 0 Å². The monoisotopic (exact) mass is 318 g/mol. The Labute approximate surface area is 143 Å². The lowest BCUT2D eigenvalue weighted by molar-refractivity contribution is 0.922. The van der Waals surface area contributed by atoms with Gasteiger partial charge in [-0.3, -0.25) is 0 Å². The van der Waals surface area contributed by atoms with Crippen LogP contribution in [0.25, 0.3) is 5.57 Å². The van der Waals surface area contributed by atoms with E-state index in [4.69, 9.17) is 0 Å². The zero-order valence-electron chi connectivity index (χ0n) is 15.6. The van der Waals surface area contributed by atoms with Gasteiger partial charge in [-0.25, -0.2) is 0 Å². The summed E-state index contributed by atoms with van der Waals surface area (Å²) in [5.41, 5.74) is 4.04. The highest BCUT2D eigenvalue weighted by molar-refractivity contribution is 8.02. The van der Waals surface area contributed by atoms with Crippen LogP contribution in [0.5, 0.6) is 0 Å². The van der Waals surface area contributed by atoms with E-state index in [0.29, 0.717) is 0 Å². The Morgan fingerprint density at radius 3 is 2.05 bits per heavy atom. The van der Waals surface area contributed by atoms with Gasteiger partial charge in [0.2, 0.25) is 0 Å². The summed E-state index contributed by atoms with van der Waals surface area (Å²) in [5, 5.41) is 0. The molecule has 0 aromatic heterocycles. The molecule has 0 amide bonds. The molecule has 0 bridgehead atoms. The number of benzene rings is 1. The smallest absolute Gasteiger partial charge is 0.0104 e. The van der Waals surface area contributed by atoms with Crippen molar-refractivity contribution in [1.82, 2.24) is 0 Å². The molecular weight excluding hydrogens is 284 g/mol. The van der Waals surface area contributed by atoms with Crippen molar-refractivity contribution in [3.8, 4) is 0 Å². The predicted molar refractivity (Wildman–Crippen MR) is 109 cm³/mol. The summed E-state index contributed by atoms with van der Waals surface area (Å²) in [6.07, 6.45) is 10.4. The van der Waals surface area contributed by atoms with Crippen molar-refractivity contribution < 1.29 is 0 Å². The van der Waals surface area contributed by atoms with Crippen LogP contribution >= 0.6 is 11.8 Å². The summed E-state index contributed by atoms with van der Waals surface area (Å²) in [4.78, 5) is 1.29. The van der Waals surface area contributed by atoms with Gasteiger partial charge in [0, 0.05) is 4.91 Å². The van der Waals surface area contributed by atoms with Crippen molar-refractivity contribution in [1.29, 1.82) is 0 Å². The van der Waals surface area contributed by atoms with Crippen LogP contribution in [0.15, 0.2) is 54.0 Å². The van der Waals surface area contributed by atoms with Gasteiger partial charge in [-0.2, -0.15) is 0 Å². The summed E-state index contributed by atoms with van der Waals surface area (Å²) < 4.78 is 0. The third kappa shape index (κ3) is 8.94. The molecule has 1 aromatic rings. The molecular formula is C21H34S. The first-order chi connectivity index (χ1) is 10.7. The van der Waals surface area contributed by atoms with E-state index in [1.807, 2.05) is 39.8 Å². The first-order valence-electron chi connectivity index (χ1n) is 8.36. The lowest BCUT2D eigenvalue weighted by Gasteiger charge is -2.07. The second-order valence-electron chi connectivity index (χ2n) is 4.24. The molecule has 0 aliphatic carbocycles. The molecule has 0 N–H and O–H groups in total. The standard InChI is InChI=1S/C17H22S.2C2H6/c1-5-7-9-17(18-4)14(3)16-12-10-15(8-6-2)11-13-16;2*1-2/h5,7,9-13H,1,6,8H2,2-4H3;2*1-2H3/b9-7-,17-14?;;. The van der Waals surface area contributed by atoms with Crippen molar-refractivity contribution in [3.63, 3.8) is 0 Å². The van der Waals surface area contributed by atoms with Crippen LogP contribution in [0.4, 0.5) is 0 Å². The quantitative estimate of drug-likeness (QED) is 0.488. The van der Waals surface area contributed by atoms with Crippen LogP contribution in [0, 0.1) is 0 Å². The van der Waals surface area contributed by atoms with E-state index in [1.54, 1.807) is 11.8 Å². The molecule has 1 rings (SSSR count). The Kier molecular flexibility index (Phi) is 16.9. The number of hydrogen-bond acceptors (Lipinski definition) is 1. The number of allylic oxidation sites excluding steroid dienone is 4. The fraction of sp³-hybridized carbons (Fsp3) is 0.429. The topological polar surface area (TPSA) is 0 Å². The van der Waals surface area contributed by atoms with Crippen LogP contribution in [-0.4, -0.2) is 6.26 Å². The van der Waals surface area contributed by atoms with Gasteiger partial charge in [0.25, 0.3) is 0 Å². The van der Waals surface area contributed by atoms with Crippen LogP contribution in [0.2, 0.25) is 0 Å². The highest BCUT2D eigenvalue weighted by Gasteiger charge is 2.01. The van der Waals surface area contributed by atoms with Gasteiger partial charge in [0.1, 0.15) is 0 Å². The van der Waals surface area contributed by atoms with E-state index in [0.717, 1.165) is 6.42 Å². The lowest BCUT2D eigenvalue weighted by Crippen LogP contribution is -1.86. The van der Waals surface area contributed by atoms with Gasteiger partial charge in [0.15, 0.2) is 0 Å². The molecule has 0 atom stereocenters. The summed E-state index contributed by atoms with van der Waals surface area (Å²) >= 11 is 1.77. The van der Waals surface area contributed by atoms with Crippen LogP contribution < -0.4 is 0 Å². The van der Waals surface area contributed by atoms with Crippen molar-refractivity contribution in [2.24, 2.45) is 0 Å². The lowest BCUT2D eigenvalue weighted by atomic mass is 10.0. The van der Waals surface area contributed by atoms with Crippen molar-refractivity contribution >= 4 is 17.3 Å².